The number of carbonyl (C=O) groups is 1. The smallest absolute Gasteiger partial charge is 0.293 e. The monoisotopic (exact) mass is 279 g/mol. The Bertz CT molecular complexity index is 471. The average molecular weight is 279 g/mol. The number of H-pyrrole nitrogens is 1. The van der Waals surface area contributed by atoms with Crippen LogP contribution in [0.5, 0.6) is 0 Å². The zero-order valence-electron chi connectivity index (χ0n) is 11.6. The van der Waals surface area contributed by atoms with Crippen molar-refractivity contribution in [2.45, 2.75) is 25.2 Å². The van der Waals surface area contributed by atoms with E-state index in [9.17, 15) is 4.79 Å². The van der Waals surface area contributed by atoms with Gasteiger partial charge in [-0.05, 0) is 25.8 Å². The van der Waals surface area contributed by atoms with Crippen LogP contribution in [-0.4, -0.2) is 75.3 Å². The Kier molecular flexibility index (Phi) is 3.98. The van der Waals surface area contributed by atoms with Crippen LogP contribution in [0.1, 0.15) is 41.6 Å². The summed E-state index contributed by atoms with van der Waals surface area (Å²) in [5.41, 5.74) is 0. The molecule has 0 bridgehead atoms. The molecule has 0 spiro atoms. The molecule has 7 heteroatoms. The van der Waals surface area contributed by atoms with Crippen LogP contribution in [0.25, 0.3) is 0 Å². The Labute approximate surface area is 118 Å². The molecule has 7 nitrogen and oxygen atoms in total. The second kappa shape index (κ2) is 5.88. The van der Waals surface area contributed by atoms with Crippen LogP contribution in [0.15, 0.2) is 0 Å². The third-order valence-electron chi connectivity index (χ3n) is 3.95. The van der Waals surface area contributed by atoms with E-state index in [1.807, 2.05) is 4.90 Å². The first-order valence-electron chi connectivity index (χ1n) is 7.32. The van der Waals surface area contributed by atoms with E-state index in [2.05, 4.69) is 20.1 Å². The third-order valence-corrected chi connectivity index (χ3v) is 3.95. The number of amides is 1. The molecule has 1 saturated carbocycles. The van der Waals surface area contributed by atoms with Gasteiger partial charge in [0.1, 0.15) is 5.82 Å². The van der Waals surface area contributed by atoms with Crippen molar-refractivity contribution in [1.82, 2.24) is 25.0 Å². The van der Waals surface area contributed by atoms with Gasteiger partial charge in [0.25, 0.3) is 5.91 Å². The van der Waals surface area contributed by atoms with Gasteiger partial charge in [-0.3, -0.25) is 14.8 Å². The minimum atomic E-state index is -0.0843. The van der Waals surface area contributed by atoms with Gasteiger partial charge >= 0.3 is 0 Å². The number of rotatable bonds is 4. The van der Waals surface area contributed by atoms with Crippen molar-refractivity contribution in [3.05, 3.63) is 11.6 Å². The van der Waals surface area contributed by atoms with Gasteiger partial charge in [-0.1, -0.05) is 0 Å². The van der Waals surface area contributed by atoms with Crippen LogP contribution in [-0.2, 0) is 0 Å². The largest absolute Gasteiger partial charge is 0.395 e. The van der Waals surface area contributed by atoms with Crippen LogP contribution in [0.3, 0.4) is 0 Å². The molecule has 0 radical (unpaired) electrons. The first kappa shape index (κ1) is 13.5. The van der Waals surface area contributed by atoms with Crippen molar-refractivity contribution >= 4 is 5.91 Å². The van der Waals surface area contributed by atoms with Crippen LogP contribution < -0.4 is 0 Å². The lowest BCUT2D eigenvalue weighted by Crippen LogP contribution is -2.36. The predicted molar refractivity (Wildman–Crippen MR) is 72.4 cm³/mol. The molecule has 20 heavy (non-hydrogen) atoms. The number of aromatic nitrogens is 3. The molecule has 3 rings (SSSR count). The number of hydrogen-bond acceptors (Lipinski definition) is 5. The second-order valence-corrected chi connectivity index (χ2v) is 5.53. The molecule has 1 amide bonds. The highest BCUT2D eigenvalue weighted by atomic mass is 16.3. The van der Waals surface area contributed by atoms with Crippen molar-refractivity contribution in [1.29, 1.82) is 0 Å². The van der Waals surface area contributed by atoms with Gasteiger partial charge in [-0.2, -0.15) is 0 Å². The van der Waals surface area contributed by atoms with E-state index in [1.54, 1.807) is 0 Å². The lowest BCUT2D eigenvalue weighted by Gasteiger charge is -2.20. The first-order valence-corrected chi connectivity index (χ1v) is 7.32. The molecule has 1 aliphatic carbocycles. The normalized spacial score (nSPS) is 20.9. The van der Waals surface area contributed by atoms with Gasteiger partial charge < -0.3 is 10.0 Å². The third kappa shape index (κ3) is 2.99. The fourth-order valence-electron chi connectivity index (χ4n) is 2.59. The summed E-state index contributed by atoms with van der Waals surface area (Å²) < 4.78 is 0. The van der Waals surface area contributed by atoms with Crippen molar-refractivity contribution in [2.75, 3.05) is 39.3 Å². The zero-order valence-corrected chi connectivity index (χ0v) is 11.6. The molecule has 1 aliphatic heterocycles. The number of aliphatic hydroxyl groups is 1. The van der Waals surface area contributed by atoms with E-state index >= 15 is 0 Å². The van der Waals surface area contributed by atoms with E-state index < -0.39 is 0 Å². The maximum Gasteiger partial charge on any atom is 0.293 e. The molecule has 0 unspecified atom stereocenters. The highest BCUT2D eigenvalue weighted by Crippen LogP contribution is 2.37. The SMILES string of the molecule is O=C(c1n[nH]c(C2CC2)n1)N1CCCN(CCO)CC1. The molecule has 2 heterocycles. The highest BCUT2D eigenvalue weighted by molar-refractivity contribution is 5.90. The summed E-state index contributed by atoms with van der Waals surface area (Å²) in [6, 6.07) is 0. The van der Waals surface area contributed by atoms with Crippen LogP contribution >= 0.6 is 0 Å². The molecule has 110 valence electrons. The maximum absolute atomic E-state index is 12.4. The fraction of sp³-hybridized carbons (Fsp3) is 0.769. The van der Waals surface area contributed by atoms with Gasteiger partial charge in [-0.15, -0.1) is 5.10 Å². The molecule has 0 atom stereocenters. The highest BCUT2D eigenvalue weighted by Gasteiger charge is 2.29. The van der Waals surface area contributed by atoms with Gasteiger partial charge in [0.05, 0.1) is 6.61 Å². The minimum absolute atomic E-state index is 0.0843. The fourth-order valence-corrected chi connectivity index (χ4v) is 2.59. The molecule has 1 aromatic heterocycles. The summed E-state index contributed by atoms with van der Waals surface area (Å²) in [5.74, 6) is 1.54. The number of nitrogens with one attached hydrogen (secondary N) is 1. The van der Waals surface area contributed by atoms with E-state index in [-0.39, 0.29) is 12.5 Å². The molecule has 1 aromatic rings. The van der Waals surface area contributed by atoms with Gasteiger partial charge in [0, 0.05) is 32.1 Å². The predicted octanol–water partition coefficient (Wildman–Crippen LogP) is -0.178. The van der Waals surface area contributed by atoms with E-state index in [0.717, 1.165) is 44.7 Å². The van der Waals surface area contributed by atoms with E-state index in [4.69, 9.17) is 5.11 Å². The Balaban J connectivity index is 1.60. The maximum atomic E-state index is 12.4. The van der Waals surface area contributed by atoms with Gasteiger partial charge in [-0.25, -0.2) is 4.98 Å². The Morgan fingerprint density at radius 2 is 2.15 bits per heavy atom. The van der Waals surface area contributed by atoms with Crippen molar-refractivity contribution in [3.63, 3.8) is 0 Å². The number of β-amino-alcohol motifs (C(OH)–C–C–N with tert-alkyl or cyclic N) is 1. The van der Waals surface area contributed by atoms with Crippen LogP contribution in [0, 0.1) is 0 Å². The molecule has 1 saturated heterocycles. The standard InChI is InChI=1S/C13H21N5O2/c19-9-8-17-4-1-5-18(7-6-17)13(20)12-14-11(15-16-12)10-2-3-10/h10,19H,1-9H2,(H,14,15,16). The van der Waals surface area contributed by atoms with Gasteiger partial charge in [0.2, 0.25) is 5.82 Å². The summed E-state index contributed by atoms with van der Waals surface area (Å²) in [4.78, 5) is 20.7. The topological polar surface area (TPSA) is 85.4 Å². The van der Waals surface area contributed by atoms with Gasteiger partial charge in [0.15, 0.2) is 0 Å². The number of nitrogens with zero attached hydrogens (tertiary/aromatic N) is 4. The average Bonchev–Trinajstić information content (AvgIpc) is 3.23. The Hall–Kier alpha value is -1.47. The van der Waals surface area contributed by atoms with Crippen molar-refractivity contribution < 1.29 is 9.90 Å². The summed E-state index contributed by atoms with van der Waals surface area (Å²) in [6.07, 6.45) is 3.21. The Morgan fingerprint density at radius 3 is 2.90 bits per heavy atom. The van der Waals surface area contributed by atoms with Crippen LogP contribution in [0.4, 0.5) is 0 Å². The number of carbonyl (C=O) groups excluding carboxylic acids is 1. The second-order valence-electron chi connectivity index (χ2n) is 5.53. The lowest BCUT2D eigenvalue weighted by atomic mass is 10.3. The summed E-state index contributed by atoms with van der Waals surface area (Å²) in [5, 5.41) is 15.9. The molecule has 2 N–H and O–H groups in total. The zero-order chi connectivity index (χ0) is 13.9. The van der Waals surface area contributed by atoms with E-state index in [1.165, 1.54) is 0 Å². The minimum Gasteiger partial charge on any atom is -0.395 e. The van der Waals surface area contributed by atoms with Crippen LogP contribution in [0.2, 0.25) is 0 Å². The van der Waals surface area contributed by atoms with Crippen molar-refractivity contribution in [2.24, 2.45) is 0 Å². The quantitative estimate of drug-likeness (QED) is 0.799. The summed E-state index contributed by atoms with van der Waals surface area (Å²) in [6.45, 7) is 3.96. The number of aliphatic hydroxyl groups excluding tert-OH is 1. The molecule has 0 aromatic carbocycles. The molecule has 2 fully saturated rings. The summed E-state index contributed by atoms with van der Waals surface area (Å²) >= 11 is 0. The summed E-state index contributed by atoms with van der Waals surface area (Å²) in [7, 11) is 0. The molecular formula is C13H21N5O2. The molecular weight excluding hydrogens is 258 g/mol. The number of hydrogen-bond donors (Lipinski definition) is 2. The lowest BCUT2D eigenvalue weighted by molar-refractivity contribution is 0.0748. The van der Waals surface area contributed by atoms with E-state index in [0.29, 0.717) is 24.8 Å². The first-order chi connectivity index (χ1) is 9.78. The Morgan fingerprint density at radius 1 is 1.30 bits per heavy atom. The number of aromatic amines is 1. The molecule has 2 aliphatic rings. The van der Waals surface area contributed by atoms with Crippen molar-refractivity contribution in [3.8, 4) is 0 Å².